The number of aryl methyl sites for hydroxylation is 1. The molecule has 0 aliphatic carbocycles. The van der Waals surface area contributed by atoms with Gasteiger partial charge in [-0.2, -0.15) is 0 Å². The zero-order valence-electron chi connectivity index (χ0n) is 13.9. The van der Waals surface area contributed by atoms with Crippen molar-refractivity contribution in [3.63, 3.8) is 0 Å². The second-order valence-electron chi connectivity index (χ2n) is 6.05. The number of hydrogen-bond donors (Lipinski definition) is 1. The van der Waals surface area contributed by atoms with Crippen LogP contribution in [0.2, 0.25) is 0 Å². The normalized spacial score (nSPS) is 15.5. The Morgan fingerprint density at radius 3 is 2.75 bits per heavy atom. The Balaban J connectivity index is 1.64. The van der Waals surface area contributed by atoms with Crippen LogP contribution < -0.4 is 5.32 Å². The van der Waals surface area contributed by atoms with E-state index in [0.29, 0.717) is 19.1 Å². The number of nitrogens with one attached hydrogen (secondary N) is 1. The predicted octanol–water partition coefficient (Wildman–Crippen LogP) is 1.81. The van der Waals surface area contributed by atoms with E-state index in [0.717, 1.165) is 29.7 Å². The van der Waals surface area contributed by atoms with E-state index in [9.17, 15) is 9.59 Å². The van der Waals surface area contributed by atoms with E-state index in [1.807, 2.05) is 30.0 Å². The highest BCUT2D eigenvalue weighted by atomic mass is 16.2. The van der Waals surface area contributed by atoms with E-state index >= 15 is 0 Å². The number of carbonyl (C=O) groups excluding carboxylic acids is 2. The zero-order valence-corrected chi connectivity index (χ0v) is 13.9. The molecular formula is C18H22N4O2. The fraction of sp³-hybridized carbons (Fsp3) is 0.389. The average Bonchev–Trinajstić information content (AvgIpc) is 2.95. The quantitative estimate of drug-likeness (QED) is 0.871. The van der Waals surface area contributed by atoms with E-state index in [-0.39, 0.29) is 18.4 Å². The van der Waals surface area contributed by atoms with Gasteiger partial charge in [-0.1, -0.05) is 18.7 Å². The third-order valence-corrected chi connectivity index (χ3v) is 4.55. The van der Waals surface area contributed by atoms with Gasteiger partial charge in [0, 0.05) is 19.1 Å². The summed E-state index contributed by atoms with van der Waals surface area (Å²) in [7, 11) is 0. The molecule has 0 radical (unpaired) electrons. The molecule has 1 aliphatic rings. The van der Waals surface area contributed by atoms with Crippen molar-refractivity contribution in [1.82, 2.24) is 19.8 Å². The number of benzene rings is 1. The van der Waals surface area contributed by atoms with Gasteiger partial charge < -0.3 is 14.8 Å². The maximum Gasteiger partial charge on any atom is 0.243 e. The van der Waals surface area contributed by atoms with Gasteiger partial charge in [0.1, 0.15) is 5.82 Å². The first-order valence-corrected chi connectivity index (χ1v) is 8.21. The fourth-order valence-corrected chi connectivity index (χ4v) is 3.35. The smallest absolute Gasteiger partial charge is 0.243 e. The number of aromatic nitrogens is 2. The number of hydrogen-bond acceptors (Lipinski definition) is 3. The highest BCUT2D eigenvalue weighted by molar-refractivity contribution is 5.90. The van der Waals surface area contributed by atoms with E-state index < -0.39 is 0 Å². The van der Waals surface area contributed by atoms with Crippen LogP contribution in [0.25, 0.3) is 11.0 Å². The van der Waals surface area contributed by atoms with Gasteiger partial charge in [0.05, 0.1) is 17.6 Å². The monoisotopic (exact) mass is 326 g/mol. The number of carbonyl (C=O) groups is 2. The first-order valence-electron chi connectivity index (χ1n) is 8.21. The van der Waals surface area contributed by atoms with Crippen LogP contribution >= 0.6 is 0 Å². The Morgan fingerprint density at radius 2 is 2.04 bits per heavy atom. The number of para-hydroxylation sites is 2. The molecule has 2 amide bonds. The predicted molar refractivity (Wildman–Crippen MR) is 92.5 cm³/mol. The lowest BCUT2D eigenvalue weighted by molar-refractivity contribution is -0.133. The van der Waals surface area contributed by atoms with Crippen molar-refractivity contribution < 1.29 is 9.59 Å². The van der Waals surface area contributed by atoms with Crippen molar-refractivity contribution in [3.8, 4) is 0 Å². The van der Waals surface area contributed by atoms with Crippen LogP contribution in [0.5, 0.6) is 0 Å². The van der Waals surface area contributed by atoms with E-state index in [4.69, 9.17) is 0 Å². The third kappa shape index (κ3) is 3.18. The molecule has 24 heavy (non-hydrogen) atoms. The van der Waals surface area contributed by atoms with Crippen molar-refractivity contribution in [2.45, 2.75) is 25.8 Å². The van der Waals surface area contributed by atoms with E-state index in [2.05, 4.69) is 27.5 Å². The maximum absolute atomic E-state index is 12.1. The second-order valence-corrected chi connectivity index (χ2v) is 6.05. The standard InChI is InChI=1S/C18H22N4O2/c1-3-17(23)19-12-18(24)21-10-8-14(9-11-21)22-13(2)20-15-6-4-5-7-16(15)22/h3-7,14H,1,8-12H2,2H3,(H,19,23). The number of piperidine rings is 1. The van der Waals surface area contributed by atoms with Gasteiger partial charge in [0.2, 0.25) is 11.8 Å². The van der Waals surface area contributed by atoms with Gasteiger partial charge in [-0.15, -0.1) is 0 Å². The van der Waals surface area contributed by atoms with Crippen LogP contribution in [0.3, 0.4) is 0 Å². The summed E-state index contributed by atoms with van der Waals surface area (Å²) in [6, 6.07) is 8.50. The number of fused-ring (bicyclic) bond motifs is 1. The van der Waals surface area contributed by atoms with E-state index in [1.54, 1.807) is 0 Å². The number of rotatable bonds is 4. The van der Waals surface area contributed by atoms with Gasteiger partial charge in [-0.25, -0.2) is 4.98 Å². The van der Waals surface area contributed by atoms with Crippen molar-refractivity contribution in [3.05, 3.63) is 42.7 Å². The summed E-state index contributed by atoms with van der Waals surface area (Å²) in [5.74, 6) is 0.647. The number of likely N-dealkylation sites (tertiary alicyclic amines) is 1. The van der Waals surface area contributed by atoms with Crippen LogP contribution in [0.15, 0.2) is 36.9 Å². The largest absolute Gasteiger partial charge is 0.343 e. The summed E-state index contributed by atoms with van der Waals surface area (Å²) >= 11 is 0. The Labute approximate surface area is 141 Å². The minimum Gasteiger partial charge on any atom is -0.343 e. The van der Waals surface area contributed by atoms with Crippen molar-refractivity contribution in [1.29, 1.82) is 0 Å². The molecule has 6 nitrogen and oxygen atoms in total. The molecule has 0 atom stereocenters. The first-order chi connectivity index (χ1) is 11.6. The highest BCUT2D eigenvalue weighted by Gasteiger charge is 2.25. The van der Waals surface area contributed by atoms with Crippen LogP contribution in [0.1, 0.15) is 24.7 Å². The van der Waals surface area contributed by atoms with E-state index in [1.165, 1.54) is 6.08 Å². The lowest BCUT2D eigenvalue weighted by Crippen LogP contribution is -2.44. The maximum atomic E-state index is 12.1. The molecular weight excluding hydrogens is 304 g/mol. The second kappa shape index (κ2) is 6.86. The Bertz CT molecular complexity index is 772. The molecule has 2 heterocycles. The molecule has 126 valence electrons. The van der Waals surface area contributed by atoms with Gasteiger partial charge in [-0.3, -0.25) is 9.59 Å². The van der Waals surface area contributed by atoms with Gasteiger partial charge >= 0.3 is 0 Å². The molecule has 0 saturated carbocycles. The van der Waals surface area contributed by atoms with Crippen LogP contribution in [0.4, 0.5) is 0 Å². The SMILES string of the molecule is C=CC(=O)NCC(=O)N1CCC(n2c(C)nc3ccccc32)CC1. The zero-order chi connectivity index (χ0) is 17.1. The summed E-state index contributed by atoms with van der Waals surface area (Å²) in [6.45, 7) is 6.83. The molecule has 1 aliphatic heterocycles. The van der Waals surface area contributed by atoms with Crippen molar-refractivity contribution >= 4 is 22.8 Å². The minimum atomic E-state index is -0.321. The summed E-state index contributed by atoms with van der Waals surface area (Å²) < 4.78 is 2.29. The number of amides is 2. The average molecular weight is 326 g/mol. The molecule has 6 heteroatoms. The van der Waals surface area contributed by atoms with Gasteiger partial charge in [0.15, 0.2) is 0 Å². The fourth-order valence-electron chi connectivity index (χ4n) is 3.35. The molecule has 1 aromatic carbocycles. The third-order valence-electron chi connectivity index (χ3n) is 4.55. The molecule has 1 N–H and O–H groups in total. The van der Waals surface area contributed by atoms with Crippen LogP contribution in [-0.4, -0.2) is 45.9 Å². The van der Waals surface area contributed by atoms with Gasteiger partial charge in [-0.05, 0) is 38.0 Å². The summed E-state index contributed by atoms with van der Waals surface area (Å²) in [5.41, 5.74) is 2.17. The highest BCUT2D eigenvalue weighted by Crippen LogP contribution is 2.28. The Kier molecular flexibility index (Phi) is 4.64. The number of nitrogens with zero attached hydrogens (tertiary/aromatic N) is 3. The summed E-state index contributed by atoms with van der Waals surface area (Å²) in [6.07, 6.45) is 2.96. The molecule has 1 saturated heterocycles. The van der Waals surface area contributed by atoms with Crippen LogP contribution in [-0.2, 0) is 9.59 Å². The molecule has 0 bridgehead atoms. The van der Waals surface area contributed by atoms with Gasteiger partial charge in [0.25, 0.3) is 0 Å². The molecule has 2 aromatic rings. The number of imidazole rings is 1. The lowest BCUT2D eigenvalue weighted by Gasteiger charge is -2.33. The topological polar surface area (TPSA) is 67.2 Å². The molecule has 1 fully saturated rings. The molecule has 0 unspecified atom stereocenters. The minimum absolute atomic E-state index is 0.0303. The van der Waals surface area contributed by atoms with Crippen molar-refractivity contribution in [2.75, 3.05) is 19.6 Å². The lowest BCUT2D eigenvalue weighted by atomic mass is 10.0. The Hall–Kier alpha value is -2.63. The van der Waals surface area contributed by atoms with Crippen molar-refractivity contribution in [2.24, 2.45) is 0 Å². The summed E-state index contributed by atoms with van der Waals surface area (Å²) in [4.78, 5) is 29.7. The molecule has 3 rings (SSSR count). The molecule has 0 spiro atoms. The van der Waals surface area contributed by atoms with Crippen LogP contribution in [0, 0.1) is 6.92 Å². The summed E-state index contributed by atoms with van der Waals surface area (Å²) in [5, 5.41) is 2.54. The molecule has 1 aromatic heterocycles. The Morgan fingerprint density at radius 1 is 1.33 bits per heavy atom. The first kappa shape index (κ1) is 16.2.